The molecule has 0 aromatic carbocycles. The van der Waals surface area contributed by atoms with Crippen LogP contribution in [-0.2, 0) is 6.42 Å². The van der Waals surface area contributed by atoms with Crippen molar-refractivity contribution in [2.75, 3.05) is 6.54 Å². The summed E-state index contributed by atoms with van der Waals surface area (Å²) in [7, 11) is 0. The number of hydrogen-bond acceptors (Lipinski definition) is 3. The van der Waals surface area contributed by atoms with Gasteiger partial charge in [0.25, 0.3) is 0 Å². The van der Waals surface area contributed by atoms with Crippen LogP contribution >= 0.6 is 0 Å². The van der Waals surface area contributed by atoms with Crippen LogP contribution in [0.2, 0.25) is 0 Å². The molecule has 0 bridgehead atoms. The summed E-state index contributed by atoms with van der Waals surface area (Å²) in [5.41, 5.74) is 12.0. The zero-order valence-electron chi connectivity index (χ0n) is 6.40. The number of hydrogen-bond donors (Lipinski definition) is 2. The molecule has 0 spiro atoms. The molecule has 1 aromatic rings. The van der Waals surface area contributed by atoms with E-state index in [0.717, 1.165) is 12.1 Å². The molecule has 0 saturated heterocycles. The van der Waals surface area contributed by atoms with Gasteiger partial charge in [0, 0.05) is 30.9 Å². The van der Waals surface area contributed by atoms with Gasteiger partial charge in [-0.1, -0.05) is 6.07 Å². The summed E-state index contributed by atoms with van der Waals surface area (Å²) in [5.74, 6) is 0. The lowest BCUT2D eigenvalue weighted by atomic mass is 10.1. The molecule has 0 amide bonds. The smallest absolute Gasteiger partial charge is 0.0419 e. The molecule has 1 atom stereocenters. The van der Waals surface area contributed by atoms with Crippen LogP contribution in [0.5, 0.6) is 0 Å². The quantitative estimate of drug-likeness (QED) is 0.634. The summed E-state index contributed by atoms with van der Waals surface area (Å²) in [6.07, 6.45) is 2.52. The molecule has 3 nitrogen and oxygen atoms in total. The van der Waals surface area contributed by atoms with E-state index in [0.29, 0.717) is 6.54 Å². The summed E-state index contributed by atoms with van der Waals surface area (Å²) in [6.45, 7) is 0.510. The minimum Gasteiger partial charge on any atom is -0.329 e. The average molecular weight is 151 g/mol. The van der Waals surface area contributed by atoms with Gasteiger partial charge >= 0.3 is 0 Å². The van der Waals surface area contributed by atoms with Crippen LogP contribution in [0.1, 0.15) is 5.69 Å². The fourth-order valence-electron chi connectivity index (χ4n) is 0.871. The van der Waals surface area contributed by atoms with Crippen molar-refractivity contribution >= 4 is 0 Å². The normalized spacial score (nSPS) is 12.9. The van der Waals surface area contributed by atoms with Crippen molar-refractivity contribution in [3.63, 3.8) is 0 Å². The first-order valence-electron chi connectivity index (χ1n) is 3.68. The van der Waals surface area contributed by atoms with Gasteiger partial charge < -0.3 is 11.5 Å². The van der Waals surface area contributed by atoms with Crippen LogP contribution in [-0.4, -0.2) is 17.6 Å². The Morgan fingerprint density at radius 2 is 2.27 bits per heavy atom. The van der Waals surface area contributed by atoms with Gasteiger partial charge in [-0.3, -0.25) is 4.98 Å². The van der Waals surface area contributed by atoms with Crippen LogP contribution in [0.3, 0.4) is 0 Å². The van der Waals surface area contributed by atoms with Crippen LogP contribution in [0.4, 0.5) is 0 Å². The first kappa shape index (κ1) is 8.17. The first-order valence-corrected chi connectivity index (χ1v) is 3.68. The van der Waals surface area contributed by atoms with Gasteiger partial charge in [-0.2, -0.15) is 0 Å². The number of aromatic nitrogens is 1. The predicted molar refractivity (Wildman–Crippen MR) is 45.0 cm³/mol. The molecule has 0 saturated carbocycles. The van der Waals surface area contributed by atoms with E-state index in [-0.39, 0.29) is 6.04 Å². The van der Waals surface area contributed by atoms with E-state index < -0.39 is 0 Å². The Labute approximate surface area is 66.4 Å². The summed E-state index contributed by atoms with van der Waals surface area (Å²) in [5, 5.41) is 0. The molecule has 3 heteroatoms. The third kappa shape index (κ3) is 2.65. The largest absolute Gasteiger partial charge is 0.329 e. The Morgan fingerprint density at radius 1 is 1.45 bits per heavy atom. The predicted octanol–water partition coefficient (Wildman–Crippen LogP) is -0.0899. The summed E-state index contributed by atoms with van der Waals surface area (Å²) in [4.78, 5) is 4.13. The molecular weight excluding hydrogens is 138 g/mol. The molecule has 11 heavy (non-hydrogen) atoms. The first-order chi connectivity index (χ1) is 5.33. The number of rotatable bonds is 3. The maximum Gasteiger partial charge on any atom is 0.0419 e. The molecular formula is C8H13N3. The molecule has 0 fully saturated rings. The third-order valence-electron chi connectivity index (χ3n) is 1.50. The number of nitrogens with zero attached hydrogens (tertiary/aromatic N) is 1. The van der Waals surface area contributed by atoms with Crippen molar-refractivity contribution in [1.29, 1.82) is 0 Å². The third-order valence-corrected chi connectivity index (χ3v) is 1.50. The van der Waals surface area contributed by atoms with E-state index in [1.54, 1.807) is 6.20 Å². The van der Waals surface area contributed by atoms with Crippen molar-refractivity contribution in [3.05, 3.63) is 30.1 Å². The molecule has 1 heterocycles. The highest BCUT2D eigenvalue weighted by molar-refractivity contribution is 5.04. The fourth-order valence-corrected chi connectivity index (χ4v) is 0.871. The highest BCUT2D eigenvalue weighted by Crippen LogP contribution is 1.95. The highest BCUT2D eigenvalue weighted by Gasteiger charge is 2.00. The van der Waals surface area contributed by atoms with Crippen molar-refractivity contribution in [1.82, 2.24) is 4.98 Å². The second kappa shape index (κ2) is 4.05. The van der Waals surface area contributed by atoms with Crippen LogP contribution in [0.25, 0.3) is 0 Å². The van der Waals surface area contributed by atoms with E-state index in [1.807, 2.05) is 18.2 Å². The van der Waals surface area contributed by atoms with Gasteiger partial charge in [0.2, 0.25) is 0 Å². The van der Waals surface area contributed by atoms with Crippen molar-refractivity contribution in [3.8, 4) is 0 Å². The SMILES string of the molecule is NC[C@@H](N)Cc1ccccn1. The lowest BCUT2D eigenvalue weighted by Crippen LogP contribution is -2.31. The van der Waals surface area contributed by atoms with Crippen molar-refractivity contribution in [2.45, 2.75) is 12.5 Å². The molecule has 0 aliphatic rings. The van der Waals surface area contributed by atoms with E-state index in [2.05, 4.69) is 4.98 Å². The lowest BCUT2D eigenvalue weighted by Gasteiger charge is -2.06. The van der Waals surface area contributed by atoms with Crippen molar-refractivity contribution < 1.29 is 0 Å². The fraction of sp³-hybridized carbons (Fsp3) is 0.375. The van der Waals surface area contributed by atoms with Gasteiger partial charge in [0.15, 0.2) is 0 Å². The van der Waals surface area contributed by atoms with E-state index in [9.17, 15) is 0 Å². The molecule has 0 unspecified atom stereocenters. The Hall–Kier alpha value is -0.930. The molecule has 4 N–H and O–H groups in total. The van der Waals surface area contributed by atoms with Gasteiger partial charge in [-0.25, -0.2) is 0 Å². The summed E-state index contributed by atoms with van der Waals surface area (Å²) in [6, 6.07) is 5.82. The summed E-state index contributed by atoms with van der Waals surface area (Å²) >= 11 is 0. The minimum atomic E-state index is 0.0323. The second-order valence-corrected chi connectivity index (χ2v) is 2.52. The molecule has 0 radical (unpaired) electrons. The van der Waals surface area contributed by atoms with Gasteiger partial charge in [-0.05, 0) is 12.1 Å². The van der Waals surface area contributed by atoms with E-state index in [4.69, 9.17) is 11.5 Å². The Bertz CT molecular complexity index is 198. The van der Waals surface area contributed by atoms with Crippen molar-refractivity contribution in [2.24, 2.45) is 11.5 Å². The molecule has 1 rings (SSSR count). The maximum absolute atomic E-state index is 5.64. The van der Waals surface area contributed by atoms with Crippen LogP contribution in [0, 0.1) is 0 Å². The average Bonchev–Trinajstić information content (AvgIpc) is 2.06. The topological polar surface area (TPSA) is 64.9 Å². The zero-order valence-corrected chi connectivity index (χ0v) is 6.40. The van der Waals surface area contributed by atoms with Crippen LogP contribution in [0.15, 0.2) is 24.4 Å². The summed E-state index contributed by atoms with van der Waals surface area (Å²) < 4.78 is 0. The maximum atomic E-state index is 5.64. The van der Waals surface area contributed by atoms with E-state index in [1.165, 1.54) is 0 Å². The zero-order chi connectivity index (χ0) is 8.10. The number of nitrogens with two attached hydrogens (primary N) is 2. The molecule has 60 valence electrons. The van der Waals surface area contributed by atoms with Crippen LogP contribution < -0.4 is 11.5 Å². The van der Waals surface area contributed by atoms with Gasteiger partial charge in [0.1, 0.15) is 0 Å². The highest BCUT2D eigenvalue weighted by atomic mass is 14.7. The monoisotopic (exact) mass is 151 g/mol. The standard InChI is InChI=1S/C8H13N3/c9-6-7(10)5-8-3-1-2-4-11-8/h1-4,7H,5-6,9-10H2/t7-/m0/s1. The Kier molecular flexibility index (Phi) is 3.01. The molecule has 0 aliphatic carbocycles. The lowest BCUT2D eigenvalue weighted by molar-refractivity contribution is 0.667. The molecule has 0 aliphatic heterocycles. The minimum absolute atomic E-state index is 0.0323. The Balaban J connectivity index is 2.51. The molecule has 1 aromatic heterocycles. The van der Waals surface area contributed by atoms with Gasteiger partial charge in [0.05, 0.1) is 0 Å². The van der Waals surface area contributed by atoms with E-state index >= 15 is 0 Å². The Morgan fingerprint density at radius 3 is 2.82 bits per heavy atom. The number of pyridine rings is 1. The van der Waals surface area contributed by atoms with Gasteiger partial charge in [-0.15, -0.1) is 0 Å². The second-order valence-electron chi connectivity index (χ2n) is 2.52.